The van der Waals surface area contributed by atoms with E-state index in [1.165, 1.54) is 12.1 Å². The van der Waals surface area contributed by atoms with Gasteiger partial charge in [-0.15, -0.1) is 0 Å². The summed E-state index contributed by atoms with van der Waals surface area (Å²) >= 11 is 0. The van der Waals surface area contributed by atoms with Gasteiger partial charge in [0.2, 0.25) is 0 Å². The van der Waals surface area contributed by atoms with Crippen LogP contribution in [0.4, 0.5) is 0 Å². The summed E-state index contributed by atoms with van der Waals surface area (Å²) in [6.07, 6.45) is 17.1. The Balaban J connectivity index is -0.000000438. The van der Waals surface area contributed by atoms with Crippen LogP contribution in [-0.4, -0.2) is 100 Å². The molecule has 0 radical (unpaired) electrons. The van der Waals surface area contributed by atoms with Crippen LogP contribution in [0.25, 0.3) is 21.8 Å². The molecule has 2 aromatic heterocycles. The largest absolute Gasteiger partial charge is 2.00 e. The maximum atomic E-state index is 12.1. The first-order chi connectivity index (χ1) is 30.0. The Hall–Kier alpha value is -4.39. The minimum Gasteiger partial charge on any atom is -0.872 e. The van der Waals surface area contributed by atoms with Crippen LogP contribution in [-0.2, 0) is 106 Å². The Labute approximate surface area is 435 Å². The smallest absolute Gasteiger partial charge is 0.872 e. The number of nitrogens with one attached hydrogen (secondary N) is 2. The fraction of sp³-hybridized carbons (Fsp3) is 0.304. The Kier molecular flexibility index (Phi) is 38.7. The third-order valence-corrected chi connectivity index (χ3v) is 7.71. The van der Waals surface area contributed by atoms with Crippen LogP contribution in [0.15, 0.2) is 118 Å². The second-order valence-electron chi connectivity index (χ2n) is 14.4. The fourth-order valence-electron chi connectivity index (χ4n) is 5.17. The Morgan fingerprint density at radius 1 is 0.500 bits per heavy atom. The quantitative estimate of drug-likeness (QED) is 0.0749. The van der Waals surface area contributed by atoms with Crippen LogP contribution >= 0.6 is 0 Å². The normalized spacial score (nSPS) is 11.1. The van der Waals surface area contributed by atoms with E-state index in [0.29, 0.717) is 22.6 Å². The van der Waals surface area contributed by atoms with Gasteiger partial charge < -0.3 is 41.3 Å². The third-order valence-electron chi connectivity index (χ3n) is 7.71. The van der Waals surface area contributed by atoms with Crippen LogP contribution in [0.3, 0.4) is 0 Å². The molecule has 0 saturated heterocycles. The molecule has 2 heterocycles. The topological polar surface area (TPSA) is 308 Å². The van der Waals surface area contributed by atoms with Crippen molar-refractivity contribution in [1.82, 2.24) is 9.97 Å². The molecule has 0 fully saturated rings. The average molecular weight is 1120 g/mol. The molecule has 68 heavy (non-hydrogen) atoms. The molecular weight excluding hydrogens is 1060 g/mol. The van der Waals surface area contributed by atoms with Crippen molar-refractivity contribution < 1.29 is 87.2 Å². The van der Waals surface area contributed by atoms with E-state index in [9.17, 15) is 37.3 Å². The average Bonchev–Trinajstić information content (AvgIpc) is 3.81. The van der Waals surface area contributed by atoms with Gasteiger partial charge in [-0.1, -0.05) is 95.4 Å². The van der Waals surface area contributed by atoms with E-state index >= 15 is 0 Å². The predicted octanol–water partition coefficient (Wildman–Crippen LogP) is 2.68. The molecule has 0 aliphatic carbocycles. The summed E-state index contributed by atoms with van der Waals surface area (Å²) in [7, 11) is -2.44. The third kappa shape index (κ3) is 29.5. The zero-order chi connectivity index (χ0) is 48.5. The predicted molar refractivity (Wildman–Crippen MR) is 274 cm³/mol. The zero-order valence-corrected chi connectivity index (χ0v) is 50.1. The van der Waals surface area contributed by atoms with Crippen LogP contribution < -0.4 is 20.4 Å². The second kappa shape index (κ2) is 37.5. The summed E-state index contributed by atoms with van der Waals surface area (Å²) in [6.45, 7) is 7.16. The minimum absolute atomic E-state index is 0. The van der Waals surface area contributed by atoms with Crippen LogP contribution in [0, 0.1) is 13.8 Å². The number of H-pyrrole nitrogens is 2. The van der Waals surface area contributed by atoms with Gasteiger partial charge in [0.1, 0.15) is 0 Å². The Bertz CT molecular complexity index is 2430. The maximum absolute atomic E-state index is 12.1. The molecule has 0 unspecified atom stereocenters. The van der Waals surface area contributed by atoms with Gasteiger partial charge in [0, 0.05) is 140 Å². The van der Waals surface area contributed by atoms with E-state index in [1.54, 1.807) is 88.2 Å². The molecule has 0 saturated carbocycles. The molecule has 0 amide bonds. The van der Waals surface area contributed by atoms with Crippen LogP contribution in [0.5, 0.6) is 11.5 Å². The van der Waals surface area contributed by atoms with Crippen molar-refractivity contribution in [3.63, 3.8) is 0 Å². The first-order valence-corrected chi connectivity index (χ1v) is 27.1. The van der Waals surface area contributed by atoms with Gasteiger partial charge in [-0.25, -0.2) is 0 Å². The SMILES string of the molecule is C/C(=N\N=C(/[O-])Cc1c[nH]c2ccccc12)c1cc(C)ccc1[O-].C/C(=N\N=C(/[O-])Cc1c[nH]c2ccccc12)c1cc(C)ccc1[O-].CS(C)=O.CS(C)=O.CS(C)=O.CS(C)=O.[OH3+].[OH3+].[Zn+2].[Zn+2]. The number of rotatable bonds is 8. The first-order valence-electron chi connectivity index (χ1n) is 19.2. The number of para-hydroxylation sites is 2. The van der Waals surface area contributed by atoms with Crippen molar-refractivity contribution in [3.8, 4) is 11.5 Å². The van der Waals surface area contributed by atoms with Crippen molar-refractivity contribution in [2.75, 3.05) is 50.0 Å². The van der Waals surface area contributed by atoms with E-state index in [4.69, 9.17) is 0 Å². The van der Waals surface area contributed by atoms with Gasteiger partial charge >= 0.3 is 39.0 Å². The van der Waals surface area contributed by atoms with Gasteiger partial charge in [-0.2, -0.15) is 20.4 Å². The van der Waals surface area contributed by atoms with Crippen LogP contribution in [0.1, 0.15) is 47.2 Å². The summed E-state index contributed by atoms with van der Waals surface area (Å²) < 4.78 is 38.2. The van der Waals surface area contributed by atoms with Gasteiger partial charge in [0.25, 0.3) is 0 Å². The molecule has 8 N–H and O–H groups in total. The molecule has 16 nitrogen and oxygen atoms in total. The number of hydrogen-bond donors (Lipinski definition) is 2. The molecule has 0 aliphatic rings. The molecule has 0 aliphatic heterocycles. The molecular formula is C46H64N6O10S4Zn2+2. The molecule has 6 aromatic rings. The van der Waals surface area contributed by atoms with E-state index in [0.717, 1.165) is 44.1 Å². The van der Waals surface area contributed by atoms with Crippen molar-refractivity contribution in [2.45, 2.75) is 40.5 Å². The van der Waals surface area contributed by atoms with Gasteiger partial charge in [-0.3, -0.25) is 16.8 Å². The van der Waals surface area contributed by atoms with Crippen molar-refractivity contribution in [2.24, 2.45) is 20.4 Å². The van der Waals surface area contributed by atoms with Gasteiger partial charge in [0.05, 0.1) is 11.4 Å². The van der Waals surface area contributed by atoms with Crippen molar-refractivity contribution >= 4 is 88.2 Å². The summed E-state index contributed by atoms with van der Waals surface area (Å²) in [6, 6.07) is 25.5. The van der Waals surface area contributed by atoms with E-state index < -0.39 is 43.2 Å². The summed E-state index contributed by atoms with van der Waals surface area (Å²) in [5, 5.41) is 65.2. The molecule has 22 heteroatoms. The number of fused-ring (bicyclic) bond motifs is 2. The van der Waals surface area contributed by atoms with Crippen molar-refractivity contribution in [1.29, 1.82) is 0 Å². The number of aryl methyl sites for hydroxylation is 2. The summed E-state index contributed by atoms with van der Waals surface area (Å²) in [5.41, 5.74) is 7.48. The van der Waals surface area contributed by atoms with E-state index in [-0.39, 0.29) is 86.0 Å². The summed E-state index contributed by atoms with van der Waals surface area (Å²) in [5.74, 6) is -0.944. The van der Waals surface area contributed by atoms with Gasteiger partial charge in [-0.05, 0) is 73.9 Å². The first kappa shape index (κ1) is 70.2. The number of hydrogen-bond acceptors (Lipinski definition) is 12. The Morgan fingerprint density at radius 3 is 1.07 bits per heavy atom. The number of nitrogens with zero attached hydrogens (tertiary/aromatic N) is 4. The molecule has 6 rings (SSSR count). The monoisotopic (exact) mass is 1120 g/mol. The molecule has 0 bridgehead atoms. The number of aromatic nitrogens is 2. The minimum atomic E-state index is -0.611. The number of benzene rings is 4. The van der Waals surface area contributed by atoms with Crippen molar-refractivity contribution in [3.05, 3.63) is 131 Å². The zero-order valence-electron chi connectivity index (χ0n) is 40.9. The Morgan fingerprint density at radius 2 is 0.779 bits per heavy atom. The molecule has 4 aromatic carbocycles. The molecule has 0 atom stereocenters. The second-order valence-corrected chi connectivity index (χ2v) is 20.3. The standard InChI is InChI=1S/2C19H19N3O2.4C2H6OS.2H2O.2Zn/c2*1-12-7-8-18(23)16(9-12)13(2)21-22-19(24)10-14-11-20-17-6-4-3-5-15(14)17;4*1-4(2)3;;;;/h2*3-9,11,20,23H,10H2,1-2H3,(H,22,24);4*1-2H3;2*1H2;;/q;;;;;;;;2*+2/p-2/b2*21-13+;;;;;;;;. The van der Waals surface area contributed by atoms with E-state index in [2.05, 4.69) is 30.4 Å². The van der Waals surface area contributed by atoms with Crippen LogP contribution in [0.2, 0.25) is 0 Å². The summed E-state index contributed by atoms with van der Waals surface area (Å²) in [4.78, 5) is 6.25. The van der Waals surface area contributed by atoms with Gasteiger partial charge in [0.15, 0.2) is 0 Å². The fourth-order valence-corrected chi connectivity index (χ4v) is 5.17. The van der Waals surface area contributed by atoms with E-state index in [1.807, 2.05) is 74.8 Å². The molecule has 0 spiro atoms. The molecule has 364 valence electrons. The maximum Gasteiger partial charge on any atom is 2.00 e. The number of aromatic amines is 2.